The highest BCUT2D eigenvalue weighted by atomic mass is 16.5. The molecule has 0 bridgehead atoms. The Morgan fingerprint density at radius 3 is 2.45 bits per heavy atom. The fraction of sp³-hybridized carbons (Fsp3) is 0.750. The number of hydrogen-bond donors (Lipinski definition) is 2. The van der Waals surface area contributed by atoms with Crippen LogP contribution in [-0.2, 0) is 11.2 Å². The second-order valence-corrected chi connectivity index (χ2v) is 6.52. The molecule has 22 heavy (non-hydrogen) atoms. The van der Waals surface area contributed by atoms with Crippen LogP contribution in [0.25, 0.3) is 0 Å². The highest BCUT2D eigenvalue weighted by Gasteiger charge is 2.24. The highest BCUT2D eigenvalue weighted by Crippen LogP contribution is 2.20. The van der Waals surface area contributed by atoms with E-state index in [4.69, 9.17) is 9.26 Å². The third-order valence-corrected chi connectivity index (χ3v) is 3.78. The molecule has 1 aromatic rings. The van der Waals surface area contributed by atoms with Gasteiger partial charge in [-0.3, -0.25) is 4.99 Å². The summed E-state index contributed by atoms with van der Waals surface area (Å²) >= 11 is 0. The predicted octanol–water partition coefficient (Wildman–Crippen LogP) is 2.06. The van der Waals surface area contributed by atoms with Crippen molar-refractivity contribution >= 4 is 5.96 Å². The molecule has 6 heteroatoms. The lowest BCUT2D eigenvalue weighted by Gasteiger charge is -2.30. The molecule has 0 saturated carbocycles. The normalized spacial score (nSPS) is 14.0. The topological polar surface area (TPSA) is 71.7 Å². The molecule has 0 saturated heterocycles. The van der Waals surface area contributed by atoms with Crippen molar-refractivity contribution in [3.63, 3.8) is 0 Å². The van der Waals surface area contributed by atoms with Crippen LogP contribution in [0.1, 0.15) is 37.8 Å². The molecule has 2 N–H and O–H groups in total. The van der Waals surface area contributed by atoms with Gasteiger partial charge in [-0.25, -0.2) is 0 Å². The van der Waals surface area contributed by atoms with Crippen LogP contribution < -0.4 is 10.6 Å². The second kappa shape index (κ2) is 8.17. The van der Waals surface area contributed by atoms with Crippen molar-refractivity contribution in [3.8, 4) is 0 Å². The van der Waals surface area contributed by atoms with Crippen molar-refractivity contribution in [2.24, 2.45) is 10.4 Å². The minimum absolute atomic E-state index is 0.0806. The summed E-state index contributed by atoms with van der Waals surface area (Å²) in [5, 5.41) is 10.6. The summed E-state index contributed by atoms with van der Waals surface area (Å²) in [5.41, 5.74) is 2.19. The lowest BCUT2D eigenvalue weighted by molar-refractivity contribution is 0.0205. The lowest BCUT2D eigenvalue weighted by Crippen LogP contribution is -2.45. The quantitative estimate of drug-likeness (QED) is 0.621. The van der Waals surface area contributed by atoms with Crippen LogP contribution in [-0.4, -0.2) is 44.5 Å². The fourth-order valence-corrected chi connectivity index (χ4v) is 2.32. The van der Waals surface area contributed by atoms with Crippen LogP contribution in [0, 0.1) is 19.3 Å². The van der Waals surface area contributed by atoms with E-state index in [1.807, 2.05) is 13.8 Å². The molecule has 6 nitrogen and oxygen atoms in total. The average molecular weight is 310 g/mol. The Labute approximate surface area is 133 Å². The molecule has 1 rings (SSSR count). The summed E-state index contributed by atoms with van der Waals surface area (Å²) in [6, 6.07) is 0. The SMILES string of the molecule is CN=C(NCCc1c(C)noc1C)NCC(OC)C(C)(C)C. The molecule has 0 aliphatic carbocycles. The van der Waals surface area contributed by atoms with Crippen LogP contribution in [0.4, 0.5) is 0 Å². The number of hydrogen-bond acceptors (Lipinski definition) is 4. The second-order valence-electron chi connectivity index (χ2n) is 6.52. The van der Waals surface area contributed by atoms with Crippen LogP contribution >= 0.6 is 0 Å². The third kappa shape index (κ3) is 5.33. The minimum atomic E-state index is 0.0806. The first kappa shape index (κ1) is 18.5. The number of aryl methyl sites for hydroxylation is 2. The highest BCUT2D eigenvalue weighted by molar-refractivity contribution is 5.79. The molecule has 0 radical (unpaired) electrons. The largest absolute Gasteiger partial charge is 0.379 e. The number of aromatic nitrogens is 1. The summed E-state index contributed by atoms with van der Waals surface area (Å²) in [6.07, 6.45) is 0.975. The van der Waals surface area contributed by atoms with Crippen molar-refractivity contribution in [3.05, 3.63) is 17.0 Å². The molecule has 126 valence electrons. The molecule has 0 fully saturated rings. The van der Waals surface area contributed by atoms with E-state index < -0.39 is 0 Å². The van der Waals surface area contributed by atoms with Gasteiger partial charge in [-0.1, -0.05) is 25.9 Å². The van der Waals surface area contributed by atoms with Gasteiger partial charge in [0.1, 0.15) is 5.76 Å². The van der Waals surface area contributed by atoms with E-state index in [1.165, 1.54) is 0 Å². The first-order chi connectivity index (χ1) is 10.3. The first-order valence-electron chi connectivity index (χ1n) is 7.68. The Morgan fingerprint density at radius 1 is 1.32 bits per heavy atom. The number of guanidine groups is 1. The number of nitrogens with one attached hydrogen (secondary N) is 2. The maximum absolute atomic E-state index is 5.54. The van der Waals surface area contributed by atoms with Crippen molar-refractivity contribution in [2.45, 2.75) is 47.1 Å². The maximum atomic E-state index is 5.54. The van der Waals surface area contributed by atoms with Crippen LogP contribution in [0.15, 0.2) is 9.52 Å². The van der Waals surface area contributed by atoms with E-state index in [2.05, 4.69) is 41.6 Å². The lowest BCUT2D eigenvalue weighted by atomic mass is 9.89. The molecule has 0 aliphatic rings. The molecule has 0 amide bonds. The van der Waals surface area contributed by atoms with Gasteiger partial charge in [-0.15, -0.1) is 0 Å². The summed E-state index contributed by atoms with van der Waals surface area (Å²) in [7, 11) is 3.51. The fourth-order valence-electron chi connectivity index (χ4n) is 2.32. The van der Waals surface area contributed by atoms with Gasteiger partial charge in [0.2, 0.25) is 0 Å². The van der Waals surface area contributed by atoms with Gasteiger partial charge in [0, 0.05) is 32.8 Å². The molecule has 1 aromatic heterocycles. The van der Waals surface area contributed by atoms with Gasteiger partial charge >= 0.3 is 0 Å². The predicted molar refractivity (Wildman–Crippen MR) is 89.3 cm³/mol. The van der Waals surface area contributed by atoms with E-state index >= 15 is 0 Å². The summed E-state index contributed by atoms with van der Waals surface area (Å²) in [5.74, 6) is 1.66. The number of nitrogens with zero attached hydrogens (tertiary/aromatic N) is 2. The molecular formula is C16H30N4O2. The average Bonchev–Trinajstić information content (AvgIpc) is 2.76. The summed E-state index contributed by atoms with van der Waals surface area (Å²) in [4.78, 5) is 4.24. The van der Waals surface area contributed by atoms with Gasteiger partial charge in [0.05, 0.1) is 11.8 Å². The van der Waals surface area contributed by atoms with Crippen LogP contribution in [0.2, 0.25) is 0 Å². The number of ether oxygens (including phenoxy) is 1. The van der Waals surface area contributed by atoms with Gasteiger partial charge in [-0.05, 0) is 25.7 Å². The molecule has 0 aliphatic heterocycles. The summed E-state index contributed by atoms with van der Waals surface area (Å²) < 4.78 is 10.7. The van der Waals surface area contributed by atoms with Crippen molar-refractivity contribution in [2.75, 3.05) is 27.2 Å². The Kier molecular flexibility index (Phi) is 6.87. The van der Waals surface area contributed by atoms with Gasteiger partial charge in [0.15, 0.2) is 5.96 Å². The molecular weight excluding hydrogens is 280 g/mol. The Bertz CT molecular complexity index is 469. The minimum Gasteiger partial charge on any atom is -0.379 e. The molecule has 0 aromatic carbocycles. The third-order valence-electron chi connectivity index (χ3n) is 3.78. The van der Waals surface area contributed by atoms with Crippen molar-refractivity contribution < 1.29 is 9.26 Å². The monoisotopic (exact) mass is 310 g/mol. The zero-order valence-corrected chi connectivity index (χ0v) is 14.9. The Balaban J connectivity index is 2.43. The van der Waals surface area contributed by atoms with Gasteiger partial charge < -0.3 is 19.9 Å². The number of aliphatic imine (C=N–C) groups is 1. The van der Waals surface area contributed by atoms with Crippen LogP contribution in [0.3, 0.4) is 0 Å². The van der Waals surface area contributed by atoms with E-state index in [1.54, 1.807) is 14.2 Å². The van der Waals surface area contributed by atoms with E-state index in [9.17, 15) is 0 Å². The number of rotatable bonds is 6. The Morgan fingerprint density at radius 2 is 2.00 bits per heavy atom. The van der Waals surface area contributed by atoms with Crippen LogP contribution in [0.5, 0.6) is 0 Å². The zero-order valence-electron chi connectivity index (χ0n) is 14.9. The standard InChI is InChI=1S/C16H30N4O2/c1-11-13(12(2)22-20-11)8-9-18-15(17-6)19-10-14(21-7)16(3,4)5/h14H,8-10H2,1-7H3,(H2,17,18,19). The first-order valence-corrected chi connectivity index (χ1v) is 7.68. The molecule has 1 unspecified atom stereocenters. The summed E-state index contributed by atoms with van der Waals surface area (Å²) in [6.45, 7) is 11.9. The van der Waals surface area contributed by atoms with Gasteiger partial charge in [-0.2, -0.15) is 0 Å². The number of methoxy groups -OCH3 is 1. The van der Waals surface area contributed by atoms with E-state index in [-0.39, 0.29) is 11.5 Å². The van der Waals surface area contributed by atoms with Crippen molar-refractivity contribution in [1.82, 2.24) is 15.8 Å². The zero-order chi connectivity index (χ0) is 16.8. The molecule has 1 heterocycles. The Hall–Kier alpha value is -1.56. The molecule has 0 spiro atoms. The smallest absolute Gasteiger partial charge is 0.191 e. The maximum Gasteiger partial charge on any atom is 0.191 e. The van der Waals surface area contributed by atoms with Crippen molar-refractivity contribution in [1.29, 1.82) is 0 Å². The van der Waals surface area contributed by atoms with E-state index in [0.717, 1.165) is 35.9 Å². The van der Waals surface area contributed by atoms with Gasteiger partial charge in [0.25, 0.3) is 0 Å². The molecule has 1 atom stereocenters. The van der Waals surface area contributed by atoms with E-state index in [0.29, 0.717) is 6.54 Å².